The number of ether oxygens (including phenoxy) is 6. The molecule has 8 heteroatoms. The molecule has 0 aliphatic carbocycles. The van der Waals surface area contributed by atoms with Crippen molar-refractivity contribution in [2.24, 2.45) is 10.8 Å². The van der Waals surface area contributed by atoms with E-state index >= 15 is 0 Å². The topological polar surface area (TPSA) is 73.5 Å². The molecule has 2 aromatic heterocycles. The van der Waals surface area contributed by atoms with Crippen molar-refractivity contribution in [3.05, 3.63) is 90.0 Å². The number of hydrogen-bond donors (Lipinski definition) is 0. The number of para-hydroxylation sites is 1. The molecule has 8 nitrogen and oxygen atoms in total. The van der Waals surface area contributed by atoms with Gasteiger partial charge in [-0.1, -0.05) is 44.2 Å². The van der Waals surface area contributed by atoms with Crippen LogP contribution in [0.2, 0.25) is 0 Å². The van der Waals surface area contributed by atoms with E-state index in [2.05, 4.69) is 97.3 Å². The Labute approximate surface area is 324 Å². The number of nitrogens with zero attached hydrogens (tertiary/aromatic N) is 1. The Kier molecular flexibility index (Phi) is 12.2. The summed E-state index contributed by atoms with van der Waals surface area (Å²) in [4.78, 5) is 0. The van der Waals surface area contributed by atoms with Crippen LogP contribution in [0, 0.1) is 10.8 Å². The Morgan fingerprint density at radius 3 is 1.80 bits per heavy atom. The second-order valence-corrected chi connectivity index (χ2v) is 16.3. The van der Waals surface area contributed by atoms with Crippen molar-refractivity contribution in [1.82, 2.24) is 4.57 Å². The van der Waals surface area contributed by atoms with Gasteiger partial charge in [-0.2, -0.15) is 0 Å². The molecule has 4 heterocycles. The van der Waals surface area contributed by atoms with Crippen LogP contribution in [0.5, 0.6) is 0 Å². The van der Waals surface area contributed by atoms with Gasteiger partial charge in [0.25, 0.3) is 0 Å². The smallest absolute Gasteiger partial charge is 0.136 e. The zero-order chi connectivity index (χ0) is 37.5. The van der Waals surface area contributed by atoms with Gasteiger partial charge in [0.1, 0.15) is 11.2 Å². The van der Waals surface area contributed by atoms with E-state index < -0.39 is 0 Å². The van der Waals surface area contributed by atoms with E-state index in [1.54, 1.807) is 0 Å². The standard InChI is InChI=1S/C47H57NO7/c1-3-47(33-54-34-47)32-52-22-12-6-10-19-49-27-35-15-17-42-38(23-35)39-26-45-41(25-43(39)48(42)37-13-7-4-8-14-37)40-24-36(16-18-44(40)55-45)28-50-20-9-5-11-21-51-29-46(2)30-53-31-46/h4,7-8,13-18,23-26H,3,5-6,9-12,19-22,27-34H2,1-2H3. The largest absolute Gasteiger partial charge is 0.456 e. The van der Waals surface area contributed by atoms with Crippen molar-refractivity contribution in [3.63, 3.8) is 0 Å². The summed E-state index contributed by atoms with van der Waals surface area (Å²) in [6.07, 6.45) is 7.52. The molecule has 0 amide bonds. The van der Waals surface area contributed by atoms with E-state index in [9.17, 15) is 0 Å². The van der Waals surface area contributed by atoms with E-state index in [1.807, 2.05) is 0 Å². The fourth-order valence-corrected chi connectivity index (χ4v) is 7.89. The third kappa shape index (κ3) is 8.80. The summed E-state index contributed by atoms with van der Waals surface area (Å²) in [5.41, 5.74) is 8.06. The molecule has 2 aliphatic rings. The summed E-state index contributed by atoms with van der Waals surface area (Å²) < 4.78 is 43.7. The third-order valence-corrected chi connectivity index (χ3v) is 11.5. The minimum Gasteiger partial charge on any atom is -0.456 e. The fourth-order valence-electron chi connectivity index (χ4n) is 7.89. The second kappa shape index (κ2) is 17.6. The fraction of sp³-hybridized carbons (Fsp3) is 0.489. The minimum atomic E-state index is 0.220. The summed E-state index contributed by atoms with van der Waals surface area (Å²) in [5, 5.41) is 4.60. The van der Waals surface area contributed by atoms with Crippen LogP contribution in [-0.2, 0) is 41.6 Å². The van der Waals surface area contributed by atoms with Gasteiger partial charge in [-0.05, 0) is 105 Å². The highest BCUT2D eigenvalue weighted by molar-refractivity contribution is 6.17. The van der Waals surface area contributed by atoms with Crippen molar-refractivity contribution < 1.29 is 32.8 Å². The Morgan fingerprint density at radius 2 is 1.16 bits per heavy atom. The number of aromatic nitrogens is 1. The quantitative estimate of drug-likeness (QED) is 0.0640. The highest BCUT2D eigenvalue weighted by atomic mass is 16.5. The summed E-state index contributed by atoms with van der Waals surface area (Å²) >= 11 is 0. The normalized spacial score (nSPS) is 16.3. The summed E-state index contributed by atoms with van der Waals surface area (Å²) in [7, 11) is 0. The highest BCUT2D eigenvalue weighted by Crippen LogP contribution is 2.39. The van der Waals surface area contributed by atoms with Gasteiger partial charge in [-0.3, -0.25) is 0 Å². The Bertz CT molecular complexity index is 2160. The third-order valence-electron chi connectivity index (χ3n) is 11.5. The number of unbranched alkanes of at least 4 members (excludes halogenated alkanes) is 4. The zero-order valence-electron chi connectivity index (χ0n) is 32.7. The molecule has 0 radical (unpaired) electrons. The molecule has 6 aromatic rings. The number of benzene rings is 4. The average Bonchev–Trinajstić information content (AvgIpc) is 3.70. The monoisotopic (exact) mass is 747 g/mol. The van der Waals surface area contributed by atoms with E-state index in [1.165, 1.54) is 21.9 Å². The van der Waals surface area contributed by atoms with Gasteiger partial charge >= 0.3 is 0 Å². The van der Waals surface area contributed by atoms with Crippen LogP contribution in [0.4, 0.5) is 0 Å². The first-order chi connectivity index (χ1) is 27.0. The molecule has 0 atom stereocenters. The van der Waals surface area contributed by atoms with Gasteiger partial charge in [0.15, 0.2) is 0 Å². The maximum Gasteiger partial charge on any atom is 0.136 e. The number of rotatable bonds is 22. The molecular formula is C47H57NO7. The van der Waals surface area contributed by atoms with Crippen LogP contribution < -0.4 is 0 Å². The number of hydrogen-bond acceptors (Lipinski definition) is 7. The van der Waals surface area contributed by atoms with Crippen LogP contribution >= 0.6 is 0 Å². The molecular weight excluding hydrogens is 691 g/mol. The van der Waals surface area contributed by atoms with E-state index in [0.717, 1.165) is 150 Å². The summed E-state index contributed by atoms with van der Waals surface area (Å²) in [6.45, 7) is 13.6. The first-order valence-corrected chi connectivity index (χ1v) is 20.5. The van der Waals surface area contributed by atoms with Crippen LogP contribution in [0.15, 0.2) is 83.3 Å². The molecule has 2 fully saturated rings. The van der Waals surface area contributed by atoms with Gasteiger partial charge in [-0.15, -0.1) is 0 Å². The van der Waals surface area contributed by atoms with E-state index in [-0.39, 0.29) is 10.8 Å². The Balaban J connectivity index is 0.903. The van der Waals surface area contributed by atoms with Crippen LogP contribution in [-0.4, -0.2) is 70.6 Å². The van der Waals surface area contributed by atoms with Crippen molar-refractivity contribution in [3.8, 4) is 5.69 Å². The van der Waals surface area contributed by atoms with Gasteiger partial charge in [-0.25, -0.2) is 0 Å². The lowest BCUT2D eigenvalue weighted by Crippen LogP contribution is -2.45. The molecule has 2 saturated heterocycles. The molecule has 0 bridgehead atoms. The minimum absolute atomic E-state index is 0.220. The molecule has 2 aliphatic heterocycles. The molecule has 8 rings (SSSR count). The van der Waals surface area contributed by atoms with Crippen LogP contribution in [0.1, 0.15) is 69.9 Å². The molecule has 4 aromatic carbocycles. The number of fused-ring (bicyclic) bond motifs is 6. The van der Waals surface area contributed by atoms with Crippen LogP contribution in [0.3, 0.4) is 0 Å². The van der Waals surface area contributed by atoms with Crippen molar-refractivity contribution >= 4 is 43.7 Å². The zero-order valence-corrected chi connectivity index (χ0v) is 32.7. The SMILES string of the molecule is CCC1(COCCCCCOCc2ccc3c(c2)c2cc4oc5ccc(COCCCCCOCC6(C)COC6)cc5c4cc2n3-c2ccccc2)COC1. The van der Waals surface area contributed by atoms with Gasteiger partial charge in [0.2, 0.25) is 0 Å². The van der Waals surface area contributed by atoms with E-state index in [0.29, 0.717) is 13.2 Å². The lowest BCUT2D eigenvalue weighted by molar-refractivity contribution is -0.150. The van der Waals surface area contributed by atoms with Gasteiger partial charge in [0, 0.05) is 64.5 Å². The molecule has 0 N–H and O–H groups in total. The lowest BCUT2D eigenvalue weighted by Gasteiger charge is -2.40. The average molecular weight is 748 g/mol. The van der Waals surface area contributed by atoms with Crippen molar-refractivity contribution in [2.45, 2.75) is 72.0 Å². The maximum absolute atomic E-state index is 6.48. The number of furan rings is 1. The maximum atomic E-state index is 6.48. The van der Waals surface area contributed by atoms with Crippen molar-refractivity contribution in [2.75, 3.05) is 66.1 Å². The first kappa shape index (κ1) is 38.1. The second-order valence-electron chi connectivity index (χ2n) is 16.3. The Hall–Kier alpha value is -3.76. The van der Waals surface area contributed by atoms with Crippen LogP contribution in [0.25, 0.3) is 49.4 Å². The van der Waals surface area contributed by atoms with Crippen molar-refractivity contribution in [1.29, 1.82) is 0 Å². The van der Waals surface area contributed by atoms with Gasteiger partial charge < -0.3 is 37.4 Å². The predicted molar refractivity (Wildman–Crippen MR) is 219 cm³/mol. The molecule has 292 valence electrons. The first-order valence-electron chi connectivity index (χ1n) is 20.5. The van der Waals surface area contributed by atoms with Gasteiger partial charge in [0.05, 0.1) is 63.9 Å². The van der Waals surface area contributed by atoms with E-state index in [4.69, 9.17) is 32.8 Å². The lowest BCUT2D eigenvalue weighted by atomic mass is 9.84. The molecule has 0 spiro atoms. The molecule has 55 heavy (non-hydrogen) atoms. The summed E-state index contributed by atoms with van der Waals surface area (Å²) in [5.74, 6) is 0. The Morgan fingerprint density at radius 1 is 0.564 bits per heavy atom. The molecule has 0 unspecified atom stereocenters. The predicted octanol–water partition coefficient (Wildman–Crippen LogP) is 10.6. The molecule has 0 saturated carbocycles. The highest BCUT2D eigenvalue weighted by Gasteiger charge is 2.37. The summed E-state index contributed by atoms with van der Waals surface area (Å²) in [6, 6.07) is 28.3.